The zero-order chi connectivity index (χ0) is 19.2. The van der Waals surface area contributed by atoms with Crippen molar-refractivity contribution in [1.82, 2.24) is 14.5 Å². The molecule has 2 aromatic heterocycles. The third-order valence-electron chi connectivity index (χ3n) is 5.64. The Bertz CT molecular complexity index is 1020. The largest absolute Gasteiger partial charge is 0.312 e. The smallest absolute Gasteiger partial charge is 0.260 e. The first-order chi connectivity index (χ1) is 13.8. The Morgan fingerprint density at radius 2 is 1.46 bits per heavy atom. The van der Waals surface area contributed by atoms with Crippen molar-refractivity contribution in [3.05, 3.63) is 83.0 Å². The van der Waals surface area contributed by atoms with Crippen molar-refractivity contribution in [2.75, 3.05) is 0 Å². The average molecular weight is 373 g/mol. The molecule has 0 unspecified atom stereocenters. The summed E-state index contributed by atoms with van der Waals surface area (Å²) in [4.78, 5) is 20.1. The third kappa shape index (κ3) is 4.01. The standard InChI is InChI=1S/C24H27N3O/c28-24-22-21(19-13-9-5-4-6-10-14-19)17-27(23(22)25-18-26-24)20-15-11-7-2-1-3-8-12-16-20/h1-3,7-8,11-12,15-19H,4-6,9-10,13-14H2,(H,25,26,28). The van der Waals surface area contributed by atoms with E-state index in [-0.39, 0.29) is 5.56 Å². The van der Waals surface area contributed by atoms with Gasteiger partial charge in [-0.1, -0.05) is 74.6 Å². The number of fused-ring (bicyclic) bond motifs is 1. The van der Waals surface area contributed by atoms with Crippen LogP contribution < -0.4 is 5.56 Å². The van der Waals surface area contributed by atoms with E-state index in [9.17, 15) is 4.79 Å². The van der Waals surface area contributed by atoms with Crippen LogP contribution in [0.2, 0.25) is 0 Å². The van der Waals surface area contributed by atoms with Gasteiger partial charge in [-0.05, 0) is 36.5 Å². The Labute approximate surface area is 165 Å². The summed E-state index contributed by atoms with van der Waals surface area (Å²) in [5, 5.41) is 0.749. The fourth-order valence-corrected chi connectivity index (χ4v) is 4.22. The molecule has 4 nitrogen and oxygen atoms in total. The van der Waals surface area contributed by atoms with Gasteiger partial charge in [-0.2, -0.15) is 0 Å². The summed E-state index contributed by atoms with van der Waals surface area (Å²) < 4.78 is 2.07. The predicted octanol–water partition coefficient (Wildman–Crippen LogP) is 5.67. The van der Waals surface area contributed by atoms with E-state index in [0.29, 0.717) is 5.92 Å². The molecule has 0 saturated heterocycles. The molecular formula is C24H27N3O. The number of aromatic amines is 1. The molecule has 28 heavy (non-hydrogen) atoms. The Hall–Kier alpha value is -2.88. The van der Waals surface area contributed by atoms with Crippen molar-refractivity contribution in [3.8, 4) is 5.69 Å². The Balaban J connectivity index is 1.89. The quantitative estimate of drug-likeness (QED) is 0.629. The first kappa shape index (κ1) is 18.5. The molecule has 0 spiro atoms. The lowest BCUT2D eigenvalue weighted by molar-refractivity contribution is 0.457. The summed E-state index contributed by atoms with van der Waals surface area (Å²) in [5.41, 5.74) is 2.85. The second kappa shape index (κ2) is 8.87. The molecule has 1 fully saturated rings. The molecule has 0 radical (unpaired) electrons. The summed E-state index contributed by atoms with van der Waals surface area (Å²) in [6.07, 6.45) is 12.3. The van der Waals surface area contributed by atoms with Gasteiger partial charge in [0.25, 0.3) is 5.56 Å². The van der Waals surface area contributed by atoms with Gasteiger partial charge >= 0.3 is 0 Å². The molecule has 144 valence electrons. The van der Waals surface area contributed by atoms with Crippen molar-refractivity contribution in [3.63, 3.8) is 0 Å². The van der Waals surface area contributed by atoms with Gasteiger partial charge in [0.15, 0.2) is 5.65 Å². The molecule has 3 aromatic rings. The number of nitrogens with zero attached hydrogens (tertiary/aromatic N) is 2. The van der Waals surface area contributed by atoms with E-state index in [1.807, 2.05) is 42.5 Å². The number of nitrogens with one attached hydrogen (secondary N) is 1. The highest BCUT2D eigenvalue weighted by atomic mass is 16.1. The summed E-state index contributed by atoms with van der Waals surface area (Å²) in [5.74, 6) is 0.428. The highest BCUT2D eigenvalue weighted by Gasteiger charge is 2.22. The van der Waals surface area contributed by atoms with Gasteiger partial charge in [-0.25, -0.2) is 4.98 Å². The molecule has 2 heterocycles. The van der Waals surface area contributed by atoms with Crippen LogP contribution in [0.1, 0.15) is 56.4 Å². The molecule has 0 atom stereocenters. The fourth-order valence-electron chi connectivity index (χ4n) is 4.22. The molecule has 0 amide bonds. The Kier molecular flexibility index (Phi) is 5.86. The fraction of sp³-hybridized carbons (Fsp3) is 0.333. The number of rotatable bonds is 2. The molecule has 1 aromatic carbocycles. The van der Waals surface area contributed by atoms with Crippen molar-refractivity contribution in [2.24, 2.45) is 0 Å². The van der Waals surface area contributed by atoms with Gasteiger partial charge in [0.05, 0.1) is 11.7 Å². The van der Waals surface area contributed by atoms with E-state index in [1.165, 1.54) is 38.4 Å². The Morgan fingerprint density at radius 3 is 2.14 bits per heavy atom. The minimum absolute atomic E-state index is 0.0383. The van der Waals surface area contributed by atoms with Gasteiger partial charge in [0.1, 0.15) is 0 Å². The molecule has 0 bridgehead atoms. The highest BCUT2D eigenvalue weighted by molar-refractivity contribution is 5.81. The number of hydrogen-bond acceptors (Lipinski definition) is 2. The lowest BCUT2D eigenvalue weighted by Gasteiger charge is -2.18. The molecule has 4 rings (SSSR count). The molecule has 0 aliphatic heterocycles. The predicted molar refractivity (Wildman–Crippen MR) is 114 cm³/mol. The SMILES string of the molecule is O=c1[nH]cnc2c1c(C1CCCCCCC1)cn2-c1ccccccccc1. The lowest BCUT2D eigenvalue weighted by atomic mass is 9.86. The van der Waals surface area contributed by atoms with Crippen LogP contribution in [0.15, 0.2) is 71.9 Å². The van der Waals surface area contributed by atoms with Crippen LogP contribution in [-0.4, -0.2) is 14.5 Å². The highest BCUT2D eigenvalue weighted by Crippen LogP contribution is 2.35. The number of H-pyrrole nitrogens is 1. The second-order valence-corrected chi connectivity index (χ2v) is 7.53. The van der Waals surface area contributed by atoms with Crippen molar-refractivity contribution in [2.45, 2.75) is 50.9 Å². The first-order valence-corrected chi connectivity index (χ1v) is 10.3. The maximum Gasteiger partial charge on any atom is 0.260 e. The van der Waals surface area contributed by atoms with Gasteiger partial charge in [-0.15, -0.1) is 0 Å². The van der Waals surface area contributed by atoms with Gasteiger partial charge in [0, 0.05) is 11.9 Å². The third-order valence-corrected chi connectivity index (χ3v) is 5.64. The van der Waals surface area contributed by atoms with E-state index in [1.54, 1.807) is 0 Å². The average Bonchev–Trinajstić information content (AvgIpc) is 3.07. The minimum Gasteiger partial charge on any atom is -0.312 e. The molecule has 1 aliphatic rings. The normalized spacial score (nSPS) is 15.6. The number of aromatic nitrogens is 3. The molecule has 1 aliphatic carbocycles. The van der Waals surface area contributed by atoms with E-state index in [2.05, 4.69) is 32.9 Å². The molecule has 1 N–H and O–H groups in total. The molecule has 1 saturated carbocycles. The molecular weight excluding hydrogens is 346 g/mol. The van der Waals surface area contributed by atoms with Crippen LogP contribution >= 0.6 is 0 Å². The first-order valence-electron chi connectivity index (χ1n) is 10.3. The van der Waals surface area contributed by atoms with Crippen molar-refractivity contribution in [1.29, 1.82) is 0 Å². The lowest BCUT2D eigenvalue weighted by Crippen LogP contribution is -2.10. The monoisotopic (exact) mass is 373 g/mol. The second-order valence-electron chi connectivity index (χ2n) is 7.53. The van der Waals surface area contributed by atoms with Crippen LogP contribution in [0.3, 0.4) is 0 Å². The van der Waals surface area contributed by atoms with Crippen LogP contribution in [0, 0.1) is 0 Å². The molecule has 4 heteroatoms. The van der Waals surface area contributed by atoms with Crippen molar-refractivity contribution < 1.29 is 0 Å². The zero-order valence-electron chi connectivity index (χ0n) is 16.2. The maximum absolute atomic E-state index is 12.7. The van der Waals surface area contributed by atoms with Crippen LogP contribution in [0.5, 0.6) is 0 Å². The topological polar surface area (TPSA) is 50.7 Å². The summed E-state index contributed by atoms with van der Waals surface area (Å²) in [6.45, 7) is 0. The van der Waals surface area contributed by atoms with Crippen LogP contribution in [0.25, 0.3) is 16.7 Å². The summed E-state index contributed by atoms with van der Waals surface area (Å²) in [7, 11) is 0. The van der Waals surface area contributed by atoms with Crippen LogP contribution in [-0.2, 0) is 0 Å². The number of hydrogen-bond donors (Lipinski definition) is 1. The van der Waals surface area contributed by atoms with E-state index in [4.69, 9.17) is 0 Å². The van der Waals surface area contributed by atoms with E-state index >= 15 is 0 Å². The van der Waals surface area contributed by atoms with Crippen LogP contribution in [0.4, 0.5) is 0 Å². The maximum atomic E-state index is 12.7. The minimum atomic E-state index is -0.0383. The zero-order valence-corrected chi connectivity index (χ0v) is 16.2. The summed E-state index contributed by atoms with van der Waals surface area (Å²) in [6, 6.07) is 18.2. The van der Waals surface area contributed by atoms with E-state index in [0.717, 1.165) is 35.1 Å². The Morgan fingerprint density at radius 1 is 0.857 bits per heavy atom. The summed E-state index contributed by atoms with van der Waals surface area (Å²) >= 11 is 0. The van der Waals surface area contributed by atoms with Crippen molar-refractivity contribution >= 4 is 11.0 Å². The van der Waals surface area contributed by atoms with E-state index < -0.39 is 0 Å². The van der Waals surface area contributed by atoms with Gasteiger partial charge < -0.3 is 9.55 Å². The van der Waals surface area contributed by atoms with Gasteiger partial charge in [0.2, 0.25) is 0 Å². The van der Waals surface area contributed by atoms with Gasteiger partial charge in [-0.3, -0.25) is 4.79 Å².